The number of alkyl halides is 3. The topological polar surface area (TPSA) is 38.7 Å². The molecule has 0 radical (unpaired) electrons. The Balaban J connectivity index is 4.26. The molecule has 0 atom stereocenters. The number of allylic oxidation sites excluding steroid dienone is 1. The molecule has 0 aromatic heterocycles. The first-order valence-corrected chi connectivity index (χ1v) is 5.15. The molecular formula is C8H10Cl3NO2. The first-order valence-electron chi connectivity index (χ1n) is 3.74. The highest BCUT2D eigenvalue weighted by Gasteiger charge is 2.09. The summed E-state index contributed by atoms with van der Waals surface area (Å²) in [5, 5.41) is 3.42. The predicted octanol–water partition coefficient (Wildman–Crippen LogP) is 2.89. The number of halogens is 3. The summed E-state index contributed by atoms with van der Waals surface area (Å²) in [6.07, 6.45) is 1.30. The summed E-state index contributed by atoms with van der Waals surface area (Å²) in [5.74, 6) is -0.568. The second kappa shape index (κ2) is 7.10. The van der Waals surface area contributed by atoms with Gasteiger partial charge in [-0.15, -0.1) is 11.6 Å². The van der Waals surface area contributed by atoms with E-state index in [1.165, 1.54) is 6.08 Å². The van der Waals surface area contributed by atoms with Gasteiger partial charge in [0.25, 0.3) is 0 Å². The third kappa shape index (κ3) is 6.24. The molecule has 0 heterocycles. The number of hydrogen-bond donors (Lipinski definition) is 0. The van der Waals surface area contributed by atoms with E-state index in [-0.39, 0.29) is 11.6 Å². The van der Waals surface area contributed by atoms with Crippen LogP contribution in [0.1, 0.15) is 13.8 Å². The maximum absolute atomic E-state index is 11.0. The summed E-state index contributed by atoms with van der Waals surface area (Å²) in [7, 11) is 0. The van der Waals surface area contributed by atoms with Gasteiger partial charge in [-0.25, -0.2) is 4.79 Å². The van der Waals surface area contributed by atoms with Crippen molar-refractivity contribution in [1.82, 2.24) is 0 Å². The molecule has 0 aliphatic heterocycles. The summed E-state index contributed by atoms with van der Waals surface area (Å²) in [6, 6.07) is 0. The van der Waals surface area contributed by atoms with Crippen molar-refractivity contribution in [3.05, 3.63) is 11.6 Å². The van der Waals surface area contributed by atoms with Crippen molar-refractivity contribution in [3.8, 4) is 0 Å². The Hall–Kier alpha value is -0.250. The van der Waals surface area contributed by atoms with E-state index in [1.54, 1.807) is 13.8 Å². The fraction of sp³-hybridized carbons (Fsp3) is 0.500. The molecule has 0 aliphatic carbocycles. The van der Waals surface area contributed by atoms with Gasteiger partial charge in [0.05, 0.1) is 5.88 Å². The zero-order chi connectivity index (χ0) is 11.1. The van der Waals surface area contributed by atoms with Crippen molar-refractivity contribution < 1.29 is 9.63 Å². The zero-order valence-corrected chi connectivity index (χ0v) is 10.0. The summed E-state index contributed by atoms with van der Waals surface area (Å²) in [5.41, 5.74) is 1.01. The van der Waals surface area contributed by atoms with Crippen molar-refractivity contribution in [2.24, 2.45) is 5.16 Å². The molecule has 0 fully saturated rings. The normalized spacial score (nSPS) is 11.4. The van der Waals surface area contributed by atoms with Gasteiger partial charge in [0.15, 0.2) is 0 Å². The molecule has 0 saturated carbocycles. The lowest BCUT2D eigenvalue weighted by atomic mass is 10.3. The van der Waals surface area contributed by atoms with Crippen LogP contribution in [0.15, 0.2) is 16.8 Å². The molecule has 0 amide bonds. The van der Waals surface area contributed by atoms with Crippen LogP contribution in [0.25, 0.3) is 0 Å². The molecule has 6 heteroatoms. The van der Waals surface area contributed by atoms with Crippen LogP contribution in [0.5, 0.6) is 0 Å². The fourth-order valence-corrected chi connectivity index (χ4v) is 1.08. The van der Waals surface area contributed by atoms with Crippen LogP contribution in [0.3, 0.4) is 0 Å². The van der Waals surface area contributed by atoms with E-state index in [0.29, 0.717) is 0 Å². The molecule has 0 aliphatic rings. The van der Waals surface area contributed by atoms with Crippen LogP contribution < -0.4 is 0 Å². The third-order valence-electron chi connectivity index (χ3n) is 1.05. The minimum atomic E-state index is -0.869. The van der Waals surface area contributed by atoms with Gasteiger partial charge in [-0.2, -0.15) is 0 Å². The summed E-state index contributed by atoms with van der Waals surface area (Å²) in [4.78, 5) is 14.6. The Morgan fingerprint density at radius 2 is 2.07 bits per heavy atom. The number of hydrogen-bond acceptors (Lipinski definition) is 3. The SMILES string of the molecule is CC(C)=CC(=O)O/N=C(\CCl)C(Cl)Cl. The van der Waals surface area contributed by atoms with Crippen molar-refractivity contribution in [2.45, 2.75) is 18.7 Å². The summed E-state index contributed by atoms with van der Waals surface area (Å²) < 4.78 is 0. The molecule has 0 rings (SSSR count). The van der Waals surface area contributed by atoms with Gasteiger partial charge < -0.3 is 4.84 Å². The van der Waals surface area contributed by atoms with Gasteiger partial charge in [-0.3, -0.25) is 0 Å². The molecule has 0 aromatic carbocycles. The standard InChI is InChI=1S/C8H10Cl3NO2/c1-5(2)3-7(13)14-12-6(4-9)8(10)11/h3,8H,4H2,1-2H3/b12-6+. The molecule has 3 nitrogen and oxygen atoms in total. The Kier molecular flexibility index (Phi) is 6.97. The van der Waals surface area contributed by atoms with Crippen LogP contribution in [0, 0.1) is 0 Å². The minimum absolute atomic E-state index is 0.0137. The molecule has 0 unspecified atom stereocenters. The van der Waals surface area contributed by atoms with Crippen LogP contribution in [0.2, 0.25) is 0 Å². The van der Waals surface area contributed by atoms with Gasteiger partial charge in [0, 0.05) is 6.08 Å². The molecular weight excluding hydrogens is 248 g/mol. The quantitative estimate of drug-likeness (QED) is 0.256. The second-order valence-electron chi connectivity index (χ2n) is 2.65. The Morgan fingerprint density at radius 1 is 1.50 bits per heavy atom. The van der Waals surface area contributed by atoms with E-state index in [2.05, 4.69) is 9.99 Å². The van der Waals surface area contributed by atoms with E-state index in [9.17, 15) is 4.79 Å². The Labute approximate surface area is 97.6 Å². The van der Waals surface area contributed by atoms with Gasteiger partial charge in [-0.05, 0) is 13.8 Å². The van der Waals surface area contributed by atoms with Crippen molar-refractivity contribution in [2.75, 3.05) is 5.88 Å². The molecule has 14 heavy (non-hydrogen) atoms. The third-order valence-corrected chi connectivity index (χ3v) is 1.83. The van der Waals surface area contributed by atoms with Crippen LogP contribution in [0.4, 0.5) is 0 Å². The molecule has 0 aromatic rings. The Morgan fingerprint density at radius 3 is 2.43 bits per heavy atom. The molecule has 80 valence electrons. The smallest absolute Gasteiger partial charge is 0.313 e. The first-order chi connectivity index (χ1) is 6.47. The van der Waals surface area contributed by atoms with Gasteiger partial charge in [-0.1, -0.05) is 33.9 Å². The Bertz CT molecular complexity index is 257. The highest BCUT2D eigenvalue weighted by Crippen LogP contribution is 2.06. The molecule has 0 spiro atoms. The first kappa shape index (κ1) is 13.8. The van der Waals surface area contributed by atoms with E-state index < -0.39 is 10.8 Å². The van der Waals surface area contributed by atoms with E-state index >= 15 is 0 Å². The summed E-state index contributed by atoms with van der Waals surface area (Å²) in [6.45, 7) is 3.53. The predicted molar refractivity (Wildman–Crippen MR) is 59.2 cm³/mol. The van der Waals surface area contributed by atoms with Crippen LogP contribution in [-0.4, -0.2) is 22.4 Å². The van der Waals surface area contributed by atoms with Gasteiger partial charge >= 0.3 is 5.97 Å². The van der Waals surface area contributed by atoms with Crippen LogP contribution in [-0.2, 0) is 9.63 Å². The number of carbonyl (C=O) groups is 1. The van der Waals surface area contributed by atoms with E-state index in [4.69, 9.17) is 34.8 Å². The maximum atomic E-state index is 11.0. The number of nitrogens with zero attached hydrogens (tertiary/aromatic N) is 1. The second-order valence-corrected chi connectivity index (χ2v) is 4.01. The largest absolute Gasteiger partial charge is 0.358 e. The monoisotopic (exact) mass is 257 g/mol. The molecule has 0 bridgehead atoms. The average molecular weight is 259 g/mol. The van der Waals surface area contributed by atoms with Crippen molar-refractivity contribution in [3.63, 3.8) is 0 Å². The van der Waals surface area contributed by atoms with Gasteiger partial charge in [0.1, 0.15) is 10.5 Å². The lowest BCUT2D eigenvalue weighted by molar-refractivity contribution is -0.137. The lowest BCUT2D eigenvalue weighted by Gasteiger charge is -2.00. The highest BCUT2D eigenvalue weighted by molar-refractivity contribution is 6.56. The van der Waals surface area contributed by atoms with E-state index in [0.717, 1.165) is 5.57 Å². The van der Waals surface area contributed by atoms with Crippen LogP contribution >= 0.6 is 34.8 Å². The molecule has 0 N–H and O–H groups in total. The van der Waals surface area contributed by atoms with Crippen molar-refractivity contribution in [1.29, 1.82) is 0 Å². The van der Waals surface area contributed by atoms with Crippen molar-refractivity contribution >= 4 is 46.5 Å². The molecule has 0 saturated heterocycles. The summed E-state index contributed by atoms with van der Waals surface area (Å²) >= 11 is 16.4. The average Bonchev–Trinajstić information content (AvgIpc) is 2.03. The van der Waals surface area contributed by atoms with E-state index in [1.807, 2.05) is 0 Å². The van der Waals surface area contributed by atoms with Gasteiger partial charge in [0.2, 0.25) is 0 Å². The zero-order valence-electron chi connectivity index (χ0n) is 7.76. The fourth-order valence-electron chi connectivity index (χ4n) is 0.488. The minimum Gasteiger partial charge on any atom is -0.313 e. The number of rotatable bonds is 4. The number of carbonyl (C=O) groups excluding carboxylic acids is 1. The number of oxime groups is 1. The highest BCUT2D eigenvalue weighted by atomic mass is 35.5. The maximum Gasteiger partial charge on any atom is 0.358 e. The lowest BCUT2D eigenvalue weighted by Crippen LogP contribution is -2.11.